The van der Waals surface area contributed by atoms with Gasteiger partial charge in [-0.15, -0.1) is 0 Å². The van der Waals surface area contributed by atoms with Crippen LogP contribution in [0, 0.1) is 0 Å². The number of rotatable bonds is 5. The predicted octanol–water partition coefficient (Wildman–Crippen LogP) is 0.368. The van der Waals surface area contributed by atoms with Crippen molar-refractivity contribution in [3.05, 3.63) is 17.0 Å². The number of hydrogen-bond donors (Lipinski definition) is 2. The van der Waals surface area contributed by atoms with Crippen molar-refractivity contribution >= 4 is 5.91 Å². The van der Waals surface area contributed by atoms with Crippen LogP contribution in [0.5, 0.6) is 0 Å². The minimum absolute atomic E-state index is 0.144. The Bertz CT molecular complexity index is 444. The molecule has 0 fully saturated rings. The number of carbonyl (C=O) groups excluding carboxylic acids is 1. The van der Waals surface area contributed by atoms with Crippen LogP contribution in [-0.2, 0) is 17.6 Å². The number of ether oxygens (including phenoxy) is 1. The number of carbonyl (C=O) groups is 1. The van der Waals surface area contributed by atoms with Crippen LogP contribution in [0.25, 0.3) is 0 Å². The highest BCUT2D eigenvalue weighted by Gasteiger charge is 2.24. The molecular formula is C13H21N3O3. The van der Waals surface area contributed by atoms with Gasteiger partial charge in [0.25, 0.3) is 5.91 Å². The van der Waals surface area contributed by atoms with Gasteiger partial charge in [-0.2, -0.15) is 5.10 Å². The zero-order valence-corrected chi connectivity index (χ0v) is 11.5. The van der Waals surface area contributed by atoms with Gasteiger partial charge in [0.15, 0.2) is 5.69 Å². The van der Waals surface area contributed by atoms with Gasteiger partial charge in [-0.1, -0.05) is 0 Å². The highest BCUT2D eigenvalue weighted by molar-refractivity contribution is 5.93. The number of aliphatic hydroxyl groups excluding tert-OH is 1. The second-order valence-corrected chi connectivity index (χ2v) is 5.03. The Kier molecular flexibility index (Phi) is 4.55. The monoisotopic (exact) mass is 267 g/mol. The molecule has 2 N–H and O–H groups in total. The zero-order valence-electron chi connectivity index (χ0n) is 11.5. The van der Waals surface area contributed by atoms with Crippen LogP contribution in [-0.4, -0.2) is 59.5 Å². The van der Waals surface area contributed by atoms with Crippen molar-refractivity contribution in [2.45, 2.75) is 31.8 Å². The molecule has 1 amide bonds. The van der Waals surface area contributed by atoms with Gasteiger partial charge < -0.3 is 14.7 Å². The highest BCUT2D eigenvalue weighted by Crippen LogP contribution is 2.22. The molecule has 0 saturated heterocycles. The molecule has 106 valence electrons. The molecule has 0 aliphatic heterocycles. The standard InChI is InChI=1S/C13H21N3O3/c1-16(7-9(17)8-19-2)13(18)12-10-5-3-4-6-11(10)14-15-12/h9,17H,3-8H2,1-2H3,(H,14,15). The van der Waals surface area contributed by atoms with E-state index in [4.69, 9.17) is 4.74 Å². The van der Waals surface area contributed by atoms with E-state index in [1.165, 1.54) is 12.0 Å². The SMILES string of the molecule is COCC(O)CN(C)C(=O)c1n[nH]c2c1CCCC2. The fraction of sp³-hybridized carbons (Fsp3) is 0.692. The molecule has 1 aromatic rings. The first-order chi connectivity index (χ1) is 9.13. The predicted molar refractivity (Wildman–Crippen MR) is 70.1 cm³/mol. The number of aromatic nitrogens is 2. The van der Waals surface area contributed by atoms with E-state index in [1.807, 2.05) is 0 Å². The Morgan fingerprint density at radius 1 is 1.53 bits per heavy atom. The summed E-state index contributed by atoms with van der Waals surface area (Å²) in [7, 11) is 3.19. The maximum Gasteiger partial charge on any atom is 0.274 e. The van der Waals surface area contributed by atoms with E-state index in [0.29, 0.717) is 5.69 Å². The van der Waals surface area contributed by atoms with Gasteiger partial charge in [0.1, 0.15) is 0 Å². The molecule has 1 aromatic heterocycles. The largest absolute Gasteiger partial charge is 0.389 e. The number of methoxy groups -OCH3 is 1. The van der Waals surface area contributed by atoms with Crippen molar-refractivity contribution < 1.29 is 14.6 Å². The van der Waals surface area contributed by atoms with Crippen molar-refractivity contribution in [1.82, 2.24) is 15.1 Å². The Hall–Kier alpha value is -1.40. The molecule has 0 saturated carbocycles. The number of H-pyrrole nitrogens is 1. The van der Waals surface area contributed by atoms with Gasteiger partial charge in [-0.25, -0.2) is 0 Å². The van der Waals surface area contributed by atoms with Crippen LogP contribution in [0.4, 0.5) is 0 Å². The molecule has 1 aliphatic rings. The van der Waals surface area contributed by atoms with E-state index in [2.05, 4.69) is 10.2 Å². The molecule has 1 aliphatic carbocycles. The molecule has 1 atom stereocenters. The van der Waals surface area contributed by atoms with Gasteiger partial charge in [-0.3, -0.25) is 9.89 Å². The van der Waals surface area contributed by atoms with E-state index >= 15 is 0 Å². The molecular weight excluding hydrogens is 246 g/mol. The van der Waals surface area contributed by atoms with Crippen molar-refractivity contribution in [3.8, 4) is 0 Å². The third-order valence-electron chi connectivity index (χ3n) is 3.45. The smallest absolute Gasteiger partial charge is 0.274 e. The molecule has 0 aromatic carbocycles. The number of aliphatic hydroxyl groups is 1. The van der Waals surface area contributed by atoms with E-state index in [1.54, 1.807) is 7.05 Å². The van der Waals surface area contributed by atoms with Crippen molar-refractivity contribution in [2.24, 2.45) is 0 Å². The lowest BCUT2D eigenvalue weighted by Crippen LogP contribution is -2.36. The third kappa shape index (κ3) is 3.13. The van der Waals surface area contributed by atoms with Crippen LogP contribution in [0.1, 0.15) is 34.6 Å². The number of hydrogen-bond acceptors (Lipinski definition) is 4. The number of fused-ring (bicyclic) bond motifs is 1. The van der Waals surface area contributed by atoms with E-state index in [9.17, 15) is 9.90 Å². The molecule has 19 heavy (non-hydrogen) atoms. The lowest BCUT2D eigenvalue weighted by molar-refractivity contribution is 0.0377. The number of nitrogens with zero attached hydrogens (tertiary/aromatic N) is 2. The van der Waals surface area contributed by atoms with E-state index in [0.717, 1.165) is 36.9 Å². The number of likely N-dealkylation sites (N-methyl/N-ethyl adjacent to an activating group) is 1. The minimum atomic E-state index is -0.672. The molecule has 0 bridgehead atoms. The fourth-order valence-electron chi connectivity index (χ4n) is 2.48. The average Bonchev–Trinajstić information content (AvgIpc) is 2.81. The average molecular weight is 267 g/mol. The summed E-state index contributed by atoms with van der Waals surface area (Å²) in [6.45, 7) is 0.463. The second kappa shape index (κ2) is 6.16. The molecule has 6 heteroatoms. The number of aryl methyl sites for hydroxylation is 1. The third-order valence-corrected chi connectivity index (χ3v) is 3.45. The van der Waals surface area contributed by atoms with Crippen LogP contribution < -0.4 is 0 Å². The van der Waals surface area contributed by atoms with Crippen molar-refractivity contribution in [1.29, 1.82) is 0 Å². The zero-order chi connectivity index (χ0) is 13.8. The second-order valence-electron chi connectivity index (χ2n) is 5.03. The maximum atomic E-state index is 12.3. The summed E-state index contributed by atoms with van der Waals surface area (Å²) in [4.78, 5) is 13.8. The molecule has 6 nitrogen and oxygen atoms in total. The molecule has 0 spiro atoms. The van der Waals surface area contributed by atoms with E-state index < -0.39 is 6.10 Å². The lowest BCUT2D eigenvalue weighted by Gasteiger charge is -2.20. The van der Waals surface area contributed by atoms with Crippen molar-refractivity contribution in [3.63, 3.8) is 0 Å². The van der Waals surface area contributed by atoms with Gasteiger partial charge in [0.2, 0.25) is 0 Å². The van der Waals surface area contributed by atoms with Crippen LogP contribution in [0.15, 0.2) is 0 Å². The van der Waals surface area contributed by atoms with Crippen molar-refractivity contribution in [2.75, 3.05) is 27.3 Å². The van der Waals surface area contributed by atoms with Gasteiger partial charge in [0.05, 0.1) is 12.7 Å². The topological polar surface area (TPSA) is 78.5 Å². The molecule has 2 rings (SSSR count). The number of aromatic amines is 1. The van der Waals surface area contributed by atoms with Gasteiger partial charge in [0, 0.05) is 32.0 Å². The fourth-order valence-corrected chi connectivity index (χ4v) is 2.48. The first-order valence-corrected chi connectivity index (χ1v) is 6.62. The summed E-state index contributed by atoms with van der Waals surface area (Å²) in [5, 5.41) is 16.8. The first kappa shape index (κ1) is 14.0. The number of amides is 1. The molecule has 1 heterocycles. The summed E-state index contributed by atoms with van der Waals surface area (Å²) in [6.07, 6.45) is 3.44. The quantitative estimate of drug-likeness (QED) is 0.808. The highest BCUT2D eigenvalue weighted by atomic mass is 16.5. The number of nitrogens with one attached hydrogen (secondary N) is 1. The van der Waals surface area contributed by atoms with E-state index in [-0.39, 0.29) is 19.1 Å². The normalized spacial score (nSPS) is 15.9. The summed E-state index contributed by atoms with van der Waals surface area (Å²) >= 11 is 0. The minimum Gasteiger partial charge on any atom is -0.389 e. The summed E-state index contributed by atoms with van der Waals surface area (Å²) in [5.41, 5.74) is 2.63. The summed E-state index contributed by atoms with van der Waals surface area (Å²) < 4.78 is 4.86. The lowest BCUT2D eigenvalue weighted by atomic mass is 9.95. The van der Waals surface area contributed by atoms with Gasteiger partial charge >= 0.3 is 0 Å². The summed E-state index contributed by atoms with van der Waals surface area (Å²) in [5.74, 6) is -0.144. The Morgan fingerprint density at radius 3 is 3.00 bits per heavy atom. The molecule has 1 unspecified atom stereocenters. The molecule has 0 radical (unpaired) electrons. The van der Waals surface area contributed by atoms with Gasteiger partial charge in [-0.05, 0) is 25.7 Å². The van der Waals surface area contributed by atoms with Crippen LogP contribution >= 0.6 is 0 Å². The Labute approximate surface area is 112 Å². The van der Waals surface area contributed by atoms with Crippen LogP contribution in [0.2, 0.25) is 0 Å². The summed E-state index contributed by atoms with van der Waals surface area (Å²) in [6, 6.07) is 0. The maximum absolute atomic E-state index is 12.3. The van der Waals surface area contributed by atoms with Crippen LogP contribution in [0.3, 0.4) is 0 Å². The Balaban J connectivity index is 2.05. The Morgan fingerprint density at radius 2 is 2.26 bits per heavy atom. The first-order valence-electron chi connectivity index (χ1n) is 6.62.